The first-order chi connectivity index (χ1) is 11.7. The molecule has 1 aromatic heterocycles. The number of rotatable bonds is 3. The monoisotopic (exact) mass is 337 g/mol. The number of hydrogen-bond donors (Lipinski definition) is 0. The third kappa shape index (κ3) is 2.14. The van der Waals surface area contributed by atoms with Gasteiger partial charge in [0.05, 0.1) is 16.6 Å². The summed E-state index contributed by atoms with van der Waals surface area (Å²) < 4.78 is 0. The zero-order valence-electron chi connectivity index (χ0n) is 14.3. The number of aromatic nitrogens is 1. The fourth-order valence-electron chi connectivity index (χ4n) is 4.67. The smallest absolute Gasteiger partial charge is 0.160 e. The molecule has 124 valence electrons. The van der Waals surface area contributed by atoms with Crippen LogP contribution in [0.4, 0.5) is 0 Å². The predicted molar refractivity (Wildman–Crippen MR) is 98.4 cm³/mol. The molecule has 0 saturated heterocycles. The molecule has 0 radical (unpaired) electrons. The lowest BCUT2D eigenvalue weighted by Gasteiger charge is -2.42. The van der Waals surface area contributed by atoms with E-state index in [1.54, 1.807) is 11.3 Å². The van der Waals surface area contributed by atoms with Gasteiger partial charge in [-0.1, -0.05) is 56.2 Å². The van der Waals surface area contributed by atoms with Crippen LogP contribution in [0.15, 0.2) is 47.0 Å². The van der Waals surface area contributed by atoms with Gasteiger partial charge in [-0.25, -0.2) is 4.98 Å². The minimum absolute atomic E-state index is 0.291. The van der Waals surface area contributed by atoms with Crippen LogP contribution in [0, 0.1) is 5.92 Å². The van der Waals surface area contributed by atoms with Gasteiger partial charge in [-0.3, -0.25) is 4.79 Å². The number of ketones is 1. The van der Waals surface area contributed by atoms with E-state index in [1.165, 1.54) is 21.7 Å². The average molecular weight is 337 g/mol. The van der Waals surface area contributed by atoms with Gasteiger partial charge in [0.15, 0.2) is 5.78 Å². The van der Waals surface area contributed by atoms with Crippen LogP contribution in [-0.2, 0) is 16.6 Å². The number of Topliss-reactive ketones (excluding diaryl/α,β-unsaturated/α-hetero) is 1. The molecule has 2 aromatic rings. The third-order valence-corrected chi connectivity index (χ3v) is 6.88. The molecule has 2 atom stereocenters. The van der Waals surface area contributed by atoms with Gasteiger partial charge in [-0.15, -0.1) is 11.3 Å². The van der Waals surface area contributed by atoms with E-state index in [2.05, 4.69) is 43.1 Å². The van der Waals surface area contributed by atoms with Gasteiger partial charge >= 0.3 is 0 Å². The van der Waals surface area contributed by atoms with E-state index < -0.39 is 0 Å². The van der Waals surface area contributed by atoms with Gasteiger partial charge in [0, 0.05) is 23.3 Å². The number of thiazole rings is 1. The predicted octanol–water partition coefficient (Wildman–Crippen LogP) is 5.08. The first-order valence-corrected chi connectivity index (χ1v) is 9.82. The molecule has 2 aliphatic carbocycles. The van der Waals surface area contributed by atoms with Crippen LogP contribution in [0.2, 0.25) is 0 Å². The number of allylic oxidation sites excluding steroid dienone is 2. The maximum Gasteiger partial charge on any atom is 0.160 e. The fourth-order valence-corrected chi connectivity index (χ4v) is 5.78. The van der Waals surface area contributed by atoms with Crippen molar-refractivity contribution in [3.8, 4) is 0 Å². The van der Waals surface area contributed by atoms with Crippen LogP contribution in [0.5, 0.6) is 0 Å². The summed E-state index contributed by atoms with van der Waals surface area (Å²) in [5, 5.41) is 0. The summed E-state index contributed by atoms with van der Waals surface area (Å²) in [5.74, 6) is 0.870. The molecule has 2 nitrogen and oxygen atoms in total. The van der Waals surface area contributed by atoms with Crippen molar-refractivity contribution in [3.05, 3.63) is 63.1 Å². The summed E-state index contributed by atoms with van der Waals surface area (Å²) >= 11 is 1.72. The van der Waals surface area contributed by atoms with Crippen molar-refractivity contribution in [2.24, 2.45) is 5.92 Å². The molecule has 0 spiro atoms. The van der Waals surface area contributed by atoms with Crippen molar-refractivity contribution >= 4 is 17.1 Å². The van der Waals surface area contributed by atoms with Crippen molar-refractivity contribution in [1.29, 1.82) is 0 Å². The van der Waals surface area contributed by atoms with E-state index in [1.807, 2.05) is 11.6 Å². The Labute approximate surface area is 147 Å². The Morgan fingerprint density at radius 1 is 1.21 bits per heavy atom. The van der Waals surface area contributed by atoms with Gasteiger partial charge in [0.25, 0.3) is 0 Å². The molecule has 0 aliphatic heterocycles. The summed E-state index contributed by atoms with van der Waals surface area (Å²) in [6, 6.07) is 10.6. The van der Waals surface area contributed by atoms with Gasteiger partial charge in [0.1, 0.15) is 0 Å². The second kappa shape index (κ2) is 5.96. The van der Waals surface area contributed by atoms with Crippen molar-refractivity contribution in [2.75, 3.05) is 0 Å². The average Bonchev–Trinajstić information content (AvgIpc) is 3.09. The van der Waals surface area contributed by atoms with E-state index in [4.69, 9.17) is 0 Å². The Kier molecular flexibility index (Phi) is 3.92. The van der Waals surface area contributed by atoms with E-state index in [0.29, 0.717) is 18.1 Å². The Balaban J connectivity index is 1.99. The van der Waals surface area contributed by atoms with Crippen LogP contribution in [0.1, 0.15) is 55.7 Å². The molecular formula is C21H23NOS. The van der Waals surface area contributed by atoms with Crippen LogP contribution < -0.4 is 0 Å². The quantitative estimate of drug-likeness (QED) is 0.781. The summed E-state index contributed by atoms with van der Waals surface area (Å²) in [7, 11) is 0. The van der Waals surface area contributed by atoms with Gasteiger partial charge in [-0.05, 0) is 24.3 Å². The molecule has 0 amide bonds. The van der Waals surface area contributed by atoms with Crippen molar-refractivity contribution in [2.45, 2.75) is 51.4 Å². The SMILES string of the molecule is CC[C@@H]1CC(=O)C2=C(Cc3ncsc3[C@@]2(CC)c2ccccc2)C1. The van der Waals surface area contributed by atoms with E-state index >= 15 is 0 Å². The van der Waals surface area contributed by atoms with E-state index in [-0.39, 0.29) is 5.41 Å². The van der Waals surface area contributed by atoms with Gasteiger partial charge < -0.3 is 0 Å². The number of hydrogen-bond acceptors (Lipinski definition) is 3. The van der Waals surface area contributed by atoms with Crippen molar-refractivity contribution in [1.82, 2.24) is 4.98 Å². The normalized spacial score (nSPS) is 26.2. The lowest BCUT2D eigenvalue weighted by Crippen LogP contribution is -2.40. The molecular weight excluding hydrogens is 314 g/mol. The largest absolute Gasteiger partial charge is 0.294 e. The standard InChI is InChI=1S/C21H23NOS/c1-3-14-10-15-12-17-20(24-13-22-17)21(4-2,19(15)18(23)11-14)16-8-6-5-7-9-16/h5-9,13-14H,3-4,10-12H2,1-2H3/t14-,21-/m0/s1. The highest BCUT2D eigenvalue weighted by molar-refractivity contribution is 7.10. The lowest BCUT2D eigenvalue weighted by molar-refractivity contribution is -0.117. The summed E-state index contributed by atoms with van der Waals surface area (Å²) in [5.41, 5.74) is 6.54. The molecule has 0 fully saturated rings. The number of nitrogens with zero attached hydrogens (tertiary/aromatic N) is 1. The first-order valence-electron chi connectivity index (χ1n) is 8.94. The topological polar surface area (TPSA) is 30.0 Å². The van der Waals surface area contributed by atoms with Crippen molar-refractivity contribution in [3.63, 3.8) is 0 Å². The number of fused-ring (bicyclic) bond motifs is 1. The fraction of sp³-hybridized carbons (Fsp3) is 0.429. The van der Waals surface area contributed by atoms with Gasteiger partial charge in [0.2, 0.25) is 0 Å². The molecule has 0 N–H and O–H groups in total. The molecule has 0 bridgehead atoms. The minimum Gasteiger partial charge on any atom is -0.294 e. The van der Waals surface area contributed by atoms with Crippen LogP contribution in [0.25, 0.3) is 0 Å². The Morgan fingerprint density at radius 3 is 2.71 bits per heavy atom. The molecule has 4 rings (SSSR count). The van der Waals surface area contributed by atoms with Crippen LogP contribution >= 0.6 is 11.3 Å². The number of carbonyl (C=O) groups is 1. The zero-order valence-corrected chi connectivity index (χ0v) is 15.2. The number of benzene rings is 1. The highest BCUT2D eigenvalue weighted by Crippen LogP contribution is 2.53. The van der Waals surface area contributed by atoms with Crippen molar-refractivity contribution < 1.29 is 4.79 Å². The second-order valence-electron chi connectivity index (χ2n) is 7.01. The molecule has 3 heteroatoms. The lowest BCUT2D eigenvalue weighted by atomic mass is 9.61. The van der Waals surface area contributed by atoms with Crippen LogP contribution in [-0.4, -0.2) is 10.8 Å². The summed E-state index contributed by atoms with van der Waals surface area (Å²) in [6.07, 6.45) is 4.62. The van der Waals surface area contributed by atoms with Gasteiger partial charge in [-0.2, -0.15) is 0 Å². The second-order valence-corrected chi connectivity index (χ2v) is 7.87. The Bertz CT molecular complexity index is 804. The maximum absolute atomic E-state index is 13.2. The maximum atomic E-state index is 13.2. The molecule has 1 heterocycles. The first kappa shape index (κ1) is 15.8. The molecule has 0 unspecified atom stereocenters. The van der Waals surface area contributed by atoms with E-state index in [0.717, 1.165) is 31.3 Å². The minimum atomic E-state index is -0.291. The number of carbonyl (C=O) groups excluding carboxylic acids is 1. The highest BCUT2D eigenvalue weighted by Gasteiger charge is 2.48. The summed E-state index contributed by atoms with van der Waals surface area (Å²) in [6.45, 7) is 4.41. The zero-order chi connectivity index (χ0) is 16.7. The summed E-state index contributed by atoms with van der Waals surface area (Å²) in [4.78, 5) is 19.2. The Morgan fingerprint density at radius 2 is 2.00 bits per heavy atom. The molecule has 0 saturated carbocycles. The molecule has 1 aromatic carbocycles. The van der Waals surface area contributed by atoms with E-state index in [9.17, 15) is 4.79 Å². The molecule has 2 aliphatic rings. The molecule has 24 heavy (non-hydrogen) atoms. The third-order valence-electron chi connectivity index (χ3n) is 5.85. The highest BCUT2D eigenvalue weighted by atomic mass is 32.1. The van der Waals surface area contributed by atoms with Crippen LogP contribution in [0.3, 0.4) is 0 Å². The Hall–Kier alpha value is -1.74.